The average Bonchev–Trinajstić information content (AvgIpc) is 2.25. The molecule has 3 heteroatoms. The van der Waals surface area contributed by atoms with Crippen molar-refractivity contribution in [3.63, 3.8) is 0 Å². The molecule has 0 unspecified atom stereocenters. The van der Waals surface area contributed by atoms with Crippen LogP contribution in [0.4, 0.5) is 5.69 Å². The topological polar surface area (TPSA) is 48.1 Å². The summed E-state index contributed by atoms with van der Waals surface area (Å²) in [5.74, 6) is 1.32. The Kier molecular flexibility index (Phi) is 2.54. The summed E-state index contributed by atoms with van der Waals surface area (Å²) in [4.78, 5) is 4.14. The van der Waals surface area contributed by atoms with Gasteiger partial charge in [-0.05, 0) is 36.8 Å². The molecule has 0 bridgehead atoms. The van der Waals surface area contributed by atoms with Gasteiger partial charge < -0.3 is 10.5 Å². The SMILES string of the molecule is Cc1ccc(Oc2ccc(N)cc2)nc1. The maximum absolute atomic E-state index is 5.57. The van der Waals surface area contributed by atoms with Gasteiger partial charge in [-0.25, -0.2) is 4.98 Å². The molecule has 0 saturated heterocycles. The molecule has 2 N–H and O–H groups in total. The standard InChI is InChI=1S/C12H12N2O/c1-9-2-7-12(14-8-9)15-11-5-3-10(13)4-6-11/h2-8H,13H2,1H3. The van der Waals surface area contributed by atoms with Crippen LogP contribution < -0.4 is 10.5 Å². The van der Waals surface area contributed by atoms with Gasteiger partial charge >= 0.3 is 0 Å². The van der Waals surface area contributed by atoms with Gasteiger partial charge in [-0.1, -0.05) is 6.07 Å². The number of pyridine rings is 1. The van der Waals surface area contributed by atoms with Crippen LogP contribution in [-0.2, 0) is 0 Å². The van der Waals surface area contributed by atoms with Crippen molar-refractivity contribution < 1.29 is 4.74 Å². The summed E-state index contributed by atoms with van der Waals surface area (Å²) in [5, 5.41) is 0. The summed E-state index contributed by atoms with van der Waals surface area (Å²) in [6, 6.07) is 11.0. The van der Waals surface area contributed by atoms with Crippen molar-refractivity contribution in [2.24, 2.45) is 0 Å². The van der Waals surface area contributed by atoms with E-state index in [1.807, 2.05) is 31.2 Å². The van der Waals surface area contributed by atoms with Gasteiger partial charge in [0.15, 0.2) is 0 Å². The summed E-state index contributed by atoms with van der Waals surface area (Å²) in [6.45, 7) is 1.99. The second-order valence-corrected chi connectivity index (χ2v) is 3.34. The highest BCUT2D eigenvalue weighted by atomic mass is 16.5. The van der Waals surface area contributed by atoms with Gasteiger partial charge in [-0.15, -0.1) is 0 Å². The lowest BCUT2D eigenvalue weighted by Crippen LogP contribution is -1.89. The van der Waals surface area contributed by atoms with E-state index in [1.165, 1.54) is 0 Å². The molecule has 1 aromatic heterocycles. The Bertz CT molecular complexity index is 391. The molecule has 1 aromatic carbocycles. The number of anilines is 1. The first kappa shape index (κ1) is 9.52. The summed E-state index contributed by atoms with van der Waals surface area (Å²) >= 11 is 0. The van der Waals surface area contributed by atoms with Crippen LogP contribution in [0.25, 0.3) is 0 Å². The number of aromatic nitrogens is 1. The van der Waals surface area contributed by atoms with Crippen LogP contribution in [0, 0.1) is 6.92 Å². The van der Waals surface area contributed by atoms with E-state index in [-0.39, 0.29) is 0 Å². The van der Waals surface area contributed by atoms with E-state index in [2.05, 4.69) is 4.98 Å². The minimum atomic E-state index is 0.588. The predicted molar refractivity (Wildman–Crippen MR) is 59.9 cm³/mol. The molecule has 15 heavy (non-hydrogen) atoms. The van der Waals surface area contributed by atoms with Crippen molar-refractivity contribution in [3.05, 3.63) is 48.2 Å². The molecule has 0 amide bonds. The largest absolute Gasteiger partial charge is 0.439 e. The molecule has 76 valence electrons. The molecule has 0 atom stereocenters. The molecule has 2 aromatic rings. The van der Waals surface area contributed by atoms with Crippen LogP contribution in [0.15, 0.2) is 42.6 Å². The van der Waals surface area contributed by atoms with Crippen LogP contribution >= 0.6 is 0 Å². The first-order valence-electron chi connectivity index (χ1n) is 4.70. The second kappa shape index (κ2) is 4.00. The van der Waals surface area contributed by atoms with Gasteiger partial charge in [0.05, 0.1) is 0 Å². The molecule has 0 spiro atoms. The fourth-order valence-corrected chi connectivity index (χ4v) is 1.17. The van der Waals surface area contributed by atoms with Gasteiger partial charge in [0.2, 0.25) is 5.88 Å². The Morgan fingerprint density at radius 2 is 1.80 bits per heavy atom. The lowest BCUT2D eigenvalue weighted by Gasteiger charge is -2.04. The molecule has 0 saturated carbocycles. The van der Waals surface area contributed by atoms with Crippen LogP contribution in [-0.4, -0.2) is 4.98 Å². The van der Waals surface area contributed by atoms with Crippen LogP contribution in [0.2, 0.25) is 0 Å². The second-order valence-electron chi connectivity index (χ2n) is 3.34. The van der Waals surface area contributed by atoms with Gasteiger partial charge in [-0.3, -0.25) is 0 Å². The maximum Gasteiger partial charge on any atom is 0.219 e. The van der Waals surface area contributed by atoms with E-state index in [1.54, 1.807) is 18.3 Å². The lowest BCUT2D eigenvalue weighted by molar-refractivity contribution is 0.463. The number of hydrogen-bond acceptors (Lipinski definition) is 3. The number of aryl methyl sites for hydroxylation is 1. The minimum Gasteiger partial charge on any atom is -0.439 e. The highest BCUT2D eigenvalue weighted by Crippen LogP contribution is 2.20. The van der Waals surface area contributed by atoms with Gasteiger partial charge in [0, 0.05) is 18.0 Å². The summed E-state index contributed by atoms with van der Waals surface area (Å²) in [6.07, 6.45) is 1.77. The quantitative estimate of drug-likeness (QED) is 0.758. The lowest BCUT2D eigenvalue weighted by atomic mass is 10.3. The monoisotopic (exact) mass is 200 g/mol. The van der Waals surface area contributed by atoms with E-state index >= 15 is 0 Å². The predicted octanol–water partition coefficient (Wildman–Crippen LogP) is 2.76. The van der Waals surface area contributed by atoms with E-state index in [0.717, 1.165) is 17.0 Å². The van der Waals surface area contributed by atoms with Crippen molar-refractivity contribution in [1.82, 2.24) is 4.98 Å². The average molecular weight is 200 g/mol. The number of nitrogen functional groups attached to an aromatic ring is 1. The van der Waals surface area contributed by atoms with Gasteiger partial charge in [0.1, 0.15) is 5.75 Å². The molecular weight excluding hydrogens is 188 g/mol. The molecule has 0 fully saturated rings. The molecule has 2 rings (SSSR count). The smallest absolute Gasteiger partial charge is 0.219 e. The molecule has 3 nitrogen and oxygen atoms in total. The molecule has 0 aliphatic heterocycles. The van der Waals surface area contributed by atoms with Crippen LogP contribution in [0.3, 0.4) is 0 Å². The molecule has 0 aliphatic rings. The Morgan fingerprint density at radius 3 is 2.40 bits per heavy atom. The zero-order valence-electron chi connectivity index (χ0n) is 8.47. The third kappa shape index (κ3) is 2.47. The molecule has 1 heterocycles. The van der Waals surface area contributed by atoms with Crippen molar-refractivity contribution >= 4 is 5.69 Å². The van der Waals surface area contributed by atoms with Gasteiger partial charge in [-0.2, -0.15) is 0 Å². The van der Waals surface area contributed by atoms with Crippen molar-refractivity contribution in [1.29, 1.82) is 0 Å². The van der Waals surface area contributed by atoms with Crippen LogP contribution in [0.5, 0.6) is 11.6 Å². The van der Waals surface area contributed by atoms with E-state index in [0.29, 0.717) is 5.88 Å². The number of benzene rings is 1. The fraction of sp³-hybridized carbons (Fsp3) is 0.0833. The third-order valence-electron chi connectivity index (χ3n) is 1.99. The Hall–Kier alpha value is -2.03. The van der Waals surface area contributed by atoms with Crippen LogP contribution in [0.1, 0.15) is 5.56 Å². The number of ether oxygens (including phenoxy) is 1. The maximum atomic E-state index is 5.57. The highest BCUT2D eigenvalue weighted by Gasteiger charge is 1.97. The summed E-state index contributed by atoms with van der Waals surface area (Å²) < 4.78 is 5.52. The molecular formula is C12H12N2O. The summed E-state index contributed by atoms with van der Waals surface area (Å²) in [7, 11) is 0. The van der Waals surface area contributed by atoms with E-state index < -0.39 is 0 Å². The first-order valence-corrected chi connectivity index (χ1v) is 4.70. The Morgan fingerprint density at radius 1 is 1.07 bits per heavy atom. The number of rotatable bonds is 2. The zero-order valence-corrected chi connectivity index (χ0v) is 8.47. The number of nitrogens with two attached hydrogens (primary N) is 1. The third-order valence-corrected chi connectivity index (χ3v) is 1.99. The normalized spacial score (nSPS) is 9.93. The van der Waals surface area contributed by atoms with Crippen molar-refractivity contribution in [2.75, 3.05) is 5.73 Å². The fourth-order valence-electron chi connectivity index (χ4n) is 1.17. The Labute approximate surface area is 88.5 Å². The van der Waals surface area contributed by atoms with Crippen molar-refractivity contribution in [2.45, 2.75) is 6.92 Å². The summed E-state index contributed by atoms with van der Waals surface area (Å²) in [5.41, 5.74) is 7.40. The molecule has 0 radical (unpaired) electrons. The first-order chi connectivity index (χ1) is 7.24. The van der Waals surface area contributed by atoms with E-state index in [4.69, 9.17) is 10.5 Å². The Balaban J connectivity index is 2.15. The number of hydrogen-bond donors (Lipinski definition) is 1. The van der Waals surface area contributed by atoms with Gasteiger partial charge in [0.25, 0.3) is 0 Å². The van der Waals surface area contributed by atoms with E-state index in [9.17, 15) is 0 Å². The minimum absolute atomic E-state index is 0.588. The zero-order chi connectivity index (χ0) is 10.7. The van der Waals surface area contributed by atoms with Crippen molar-refractivity contribution in [3.8, 4) is 11.6 Å². The number of nitrogens with zero attached hydrogens (tertiary/aromatic N) is 1. The highest BCUT2D eigenvalue weighted by molar-refractivity contribution is 5.42. The molecule has 0 aliphatic carbocycles.